The fourth-order valence-corrected chi connectivity index (χ4v) is 5.20. The predicted molar refractivity (Wildman–Crippen MR) is 85.8 cm³/mol. The number of carbonyl (C=O) groups excluding carboxylic acids is 1. The van der Waals surface area contributed by atoms with E-state index in [9.17, 15) is 4.79 Å². The fraction of sp³-hybridized carbons (Fsp3) is 0.944. The van der Waals surface area contributed by atoms with Gasteiger partial charge >= 0.3 is 0 Å². The lowest BCUT2D eigenvalue weighted by molar-refractivity contribution is -0.151. The van der Waals surface area contributed by atoms with Crippen LogP contribution in [0.5, 0.6) is 0 Å². The van der Waals surface area contributed by atoms with E-state index in [1.54, 1.807) is 0 Å². The Morgan fingerprint density at radius 2 is 1.81 bits per heavy atom. The number of nitrogens with two attached hydrogens (primary N) is 1. The van der Waals surface area contributed by atoms with E-state index in [2.05, 4.69) is 11.8 Å². The Bertz CT molecular complexity index is 375. The molecule has 3 nitrogen and oxygen atoms in total. The van der Waals surface area contributed by atoms with E-state index in [4.69, 9.17) is 5.73 Å². The van der Waals surface area contributed by atoms with E-state index in [1.165, 1.54) is 51.4 Å². The molecule has 1 aliphatic heterocycles. The second kappa shape index (κ2) is 6.28. The van der Waals surface area contributed by atoms with E-state index in [1.807, 2.05) is 0 Å². The van der Waals surface area contributed by atoms with Gasteiger partial charge in [-0.25, -0.2) is 0 Å². The molecule has 1 heterocycles. The normalized spacial score (nSPS) is 36.1. The van der Waals surface area contributed by atoms with E-state index >= 15 is 0 Å². The van der Waals surface area contributed by atoms with Gasteiger partial charge in [0.15, 0.2) is 0 Å². The summed E-state index contributed by atoms with van der Waals surface area (Å²) in [7, 11) is 0. The number of hydrogen-bond acceptors (Lipinski definition) is 2. The van der Waals surface area contributed by atoms with Crippen molar-refractivity contribution in [1.29, 1.82) is 0 Å². The summed E-state index contributed by atoms with van der Waals surface area (Å²) in [6.45, 7) is 3.92. The van der Waals surface area contributed by atoms with Crippen LogP contribution in [0.25, 0.3) is 0 Å². The van der Waals surface area contributed by atoms with Gasteiger partial charge in [-0.15, -0.1) is 0 Å². The number of nitrogens with zero attached hydrogens (tertiary/aromatic N) is 1. The first-order valence-corrected chi connectivity index (χ1v) is 9.19. The van der Waals surface area contributed by atoms with Gasteiger partial charge in [-0.2, -0.15) is 0 Å². The van der Waals surface area contributed by atoms with Gasteiger partial charge in [0.05, 0.1) is 5.41 Å². The molecule has 3 fully saturated rings. The second-order valence-corrected chi connectivity index (χ2v) is 7.83. The highest BCUT2D eigenvalue weighted by atomic mass is 16.2. The molecule has 3 unspecified atom stereocenters. The summed E-state index contributed by atoms with van der Waals surface area (Å²) in [6.07, 6.45) is 12.1. The van der Waals surface area contributed by atoms with Crippen LogP contribution in [0.1, 0.15) is 71.1 Å². The summed E-state index contributed by atoms with van der Waals surface area (Å²) in [6, 6.07) is 0.514. The Morgan fingerprint density at radius 3 is 2.52 bits per heavy atom. The summed E-state index contributed by atoms with van der Waals surface area (Å²) < 4.78 is 0. The van der Waals surface area contributed by atoms with Crippen LogP contribution >= 0.6 is 0 Å². The molecular weight excluding hydrogens is 260 g/mol. The average Bonchev–Trinajstić information content (AvgIpc) is 2.55. The Hall–Kier alpha value is -0.570. The molecule has 0 aromatic carbocycles. The molecule has 2 N–H and O–H groups in total. The van der Waals surface area contributed by atoms with Gasteiger partial charge < -0.3 is 10.6 Å². The van der Waals surface area contributed by atoms with Crippen LogP contribution in [-0.2, 0) is 4.79 Å². The smallest absolute Gasteiger partial charge is 0.230 e. The second-order valence-electron chi connectivity index (χ2n) is 7.83. The standard InChI is InChI=1S/C18H32N2O/c1-14-9-12-20(16-8-4-3-7-15(14)16)17(21)18(13-19)10-5-2-6-11-18/h14-16H,2-13,19H2,1H3. The Labute approximate surface area is 129 Å². The predicted octanol–water partition coefficient (Wildman–Crippen LogP) is 3.32. The molecule has 0 bridgehead atoms. The molecule has 3 heteroatoms. The number of amides is 1. The number of likely N-dealkylation sites (tertiary alicyclic amines) is 1. The van der Waals surface area contributed by atoms with Crippen molar-refractivity contribution in [3.05, 3.63) is 0 Å². The fourth-order valence-electron chi connectivity index (χ4n) is 5.20. The topological polar surface area (TPSA) is 46.3 Å². The van der Waals surface area contributed by atoms with Gasteiger partial charge in [0.2, 0.25) is 5.91 Å². The first-order chi connectivity index (χ1) is 10.2. The van der Waals surface area contributed by atoms with E-state index in [0.717, 1.165) is 31.2 Å². The highest BCUT2D eigenvalue weighted by Gasteiger charge is 2.46. The first kappa shape index (κ1) is 15.3. The quantitative estimate of drug-likeness (QED) is 0.848. The monoisotopic (exact) mass is 292 g/mol. The minimum absolute atomic E-state index is 0.221. The summed E-state index contributed by atoms with van der Waals surface area (Å²) >= 11 is 0. The van der Waals surface area contributed by atoms with Crippen LogP contribution in [-0.4, -0.2) is 29.9 Å². The zero-order valence-electron chi connectivity index (χ0n) is 13.7. The van der Waals surface area contributed by atoms with Gasteiger partial charge in [-0.1, -0.05) is 39.0 Å². The Balaban J connectivity index is 1.79. The van der Waals surface area contributed by atoms with Crippen molar-refractivity contribution in [3.63, 3.8) is 0 Å². The molecule has 0 radical (unpaired) electrons. The van der Waals surface area contributed by atoms with Gasteiger partial charge in [-0.3, -0.25) is 4.79 Å². The summed E-state index contributed by atoms with van der Waals surface area (Å²) in [5.74, 6) is 1.95. The molecule has 0 aromatic rings. The molecule has 1 saturated heterocycles. The van der Waals surface area contributed by atoms with Gasteiger partial charge in [0, 0.05) is 19.1 Å². The lowest BCUT2D eigenvalue weighted by Gasteiger charge is -2.50. The molecule has 2 aliphatic carbocycles. The van der Waals surface area contributed by atoms with Gasteiger partial charge in [0.1, 0.15) is 0 Å². The number of carbonyl (C=O) groups is 1. The van der Waals surface area contributed by atoms with Crippen LogP contribution in [0.3, 0.4) is 0 Å². The van der Waals surface area contributed by atoms with Gasteiger partial charge in [0.25, 0.3) is 0 Å². The van der Waals surface area contributed by atoms with Crippen LogP contribution in [0, 0.1) is 17.3 Å². The molecule has 2 saturated carbocycles. The zero-order chi connectivity index (χ0) is 14.9. The minimum Gasteiger partial charge on any atom is -0.339 e. The highest BCUT2D eigenvalue weighted by molar-refractivity contribution is 5.83. The lowest BCUT2D eigenvalue weighted by atomic mass is 9.69. The third-order valence-corrected chi connectivity index (χ3v) is 6.65. The van der Waals surface area contributed by atoms with Crippen molar-refractivity contribution in [2.45, 2.75) is 77.2 Å². The van der Waals surface area contributed by atoms with Crippen molar-refractivity contribution in [3.8, 4) is 0 Å². The van der Waals surface area contributed by atoms with Crippen LogP contribution < -0.4 is 5.73 Å². The third-order valence-electron chi connectivity index (χ3n) is 6.65. The number of rotatable bonds is 2. The summed E-state index contributed by atoms with van der Waals surface area (Å²) in [4.78, 5) is 15.6. The minimum atomic E-state index is -0.221. The molecule has 120 valence electrons. The Kier molecular flexibility index (Phi) is 4.58. The molecule has 0 spiro atoms. The molecule has 3 rings (SSSR count). The maximum absolute atomic E-state index is 13.3. The van der Waals surface area contributed by atoms with Crippen molar-refractivity contribution >= 4 is 5.91 Å². The van der Waals surface area contributed by atoms with Crippen molar-refractivity contribution in [2.75, 3.05) is 13.1 Å². The molecule has 3 aliphatic rings. The number of piperidine rings is 1. The lowest BCUT2D eigenvalue weighted by Crippen LogP contribution is -2.58. The van der Waals surface area contributed by atoms with Crippen LogP contribution in [0.15, 0.2) is 0 Å². The number of fused-ring (bicyclic) bond motifs is 1. The van der Waals surface area contributed by atoms with Gasteiger partial charge in [-0.05, 0) is 43.9 Å². The van der Waals surface area contributed by atoms with Crippen LogP contribution in [0.4, 0.5) is 0 Å². The Morgan fingerprint density at radius 1 is 1.10 bits per heavy atom. The third kappa shape index (κ3) is 2.74. The summed E-state index contributed by atoms with van der Waals surface area (Å²) in [5.41, 5.74) is 5.87. The largest absolute Gasteiger partial charge is 0.339 e. The summed E-state index contributed by atoms with van der Waals surface area (Å²) in [5, 5.41) is 0. The van der Waals surface area contributed by atoms with Crippen molar-refractivity contribution in [1.82, 2.24) is 4.90 Å². The maximum atomic E-state index is 13.3. The maximum Gasteiger partial charge on any atom is 0.230 e. The van der Waals surface area contributed by atoms with Crippen molar-refractivity contribution in [2.24, 2.45) is 23.0 Å². The molecule has 3 atom stereocenters. The molecule has 0 aromatic heterocycles. The average molecular weight is 292 g/mol. The molecule has 21 heavy (non-hydrogen) atoms. The van der Waals surface area contributed by atoms with E-state index in [-0.39, 0.29) is 5.41 Å². The molecule has 1 amide bonds. The molecular formula is C18H32N2O. The van der Waals surface area contributed by atoms with E-state index < -0.39 is 0 Å². The SMILES string of the molecule is CC1CCN(C(=O)C2(CN)CCCCC2)C2CCCCC12. The highest BCUT2D eigenvalue weighted by Crippen LogP contribution is 2.43. The number of hydrogen-bond donors (Lipinski definition) is 1. The van der Waals surface area contributed by atoms with Crippen LogP contribution in [0.2, 0.25) is 0 Å². The first-order valence-electron chi connectivity index (χ1n) is 9.19. The van der Waals surface area contributed by atoms with E-state index in [0.29, 0.717) is 18.5 Å². The zero-order valence-corrected chi connectivity index (χ0v) is 13.7. The van der Waals surface area contributed by atoms with Crippen molar-refractivity contribution < 1.29 is 4.79 Å².